The Hall–Kier alpha value is -7.30. The second-order valence-electron chi connectivity index (χ2n) is 14.4. The van der Waals surface area contributed by atoms with E-state index in [0.29, 0.717) is 0 Å². The Morgan fingerprint density at radius 2 is 0.625 bits per heavy atom. The number of anilines is 6. The molecule has 56 heavy (non-hydrogen) atoms. The first-order chi connectivity index (χ1) is 27.6. The van der Waals surface area contributed by atoms with Gasteiger partial charge in [-0.3, -0.25) is 0 Å². The number of hydrogen-bond donors (Lipinski definition) is 0. The molecule has 0 N–H and O–H groups in total. The van der Waals surface area contributed by atoms with Crippen molar-refractivity contribution < 1.29 is 0 Å². The first-order valence-corrected chi connectivity index (χ1v) is 19.1. The molecule has 8 aromatic carbocycles. The fourth-order valence-electron chi connectivity index (χ4n) is 8.30. The molecule has 0 saturated heterocycles. The van der Waals surface area contributed by atoms with Gasteiger partial charge < -0.3 is 18.9 Å². The third-order valence-corrected chi connectivity index (χ3v) is 11.1. The zero-order valence-corrected chi connectivity index (χ0v) is 31.4. The highest BCUT2D eigenvalue weighted by Crippen LogP contribution is 2.40. The van der Waals surface area contributed by atoms with E-state index in [1.54, 1.807) is 0 Å². The Morgan fingerprint density at radius 1 is 0.304 bits per heavy atom. The number of fused-ring (bicyclic) bond motifs is 6. The molecule has 0 aliphatic rings. The number of benzene rings is 8. The van der Waals surface area contributed by atoms with Gasteiger partial charge >= 0.3 is 0 Å². The molecule has 268 valence electrons. The van der Waals surface area contributed by atoms with E-state index >= 15 is 0 Å². The van der Waals surface area contributed by atoms with Gasteiger partial charge in [0.25, 0.3) is 0 Å². The smallest absolute Gasteiger partial charge is 0.0490 e. The summed E-state index contributed by atoms with van der Waals surface area (Å²) in [6.07, 6.45) is 4.38. The topological polar surface area (TPSA) is 16.3 Å². The molecule has 10 rings (SSSR count). The highest BCUT2D eigenvalue weighted by Gasteiger charge is 2.17. The highest BCUT2D eigenvalue weighted by molar-refractivity contribution is 6.10. The normalized spacial score (nSPS) is 11.7. The van der Waals surface area contributed by atoms with Crippen molar-refractivity contribution in [3.8, 4) is 0 Å². The summed E-state index contributed by atoms with van der Waals surface area (Å²) < 4.78 is 4.56. The molecule has 0 fully saturated rings. The summed E-state index contributed by atoms with van der Waals surface area (Å²) in [5, 5.41) is 5.04. The van der Waals surface area contributed by atoms with E-state index in [2.05, 4.69) is 239 Å². The monoisotopic (exact) mass is 720 g/mol. The first kappa shape index (κ1) is 33.3. The molecule has 4 heteroatoms. The molecule has 0 spiro atoms. The van der Waals surface area contributed by atoms with Crippen molar-refractivity contribution >= 4 is 89.9 Å². The number of rotatable bonds is 8. The minimum Gasteiger partial charge on any atom is -0.344 e. The maximum atomic E-state index is 2.34. The van der Waals surface area contributed by atoms with Crippen LogP contribution >= 0.6 is 0 Å². The molecule has 4 nitrogen and oxygen atoms in total. The van der Waals surface area contributed by atoms with Gasteiger partial charge in [0.15, 0.2) is 0 Å². The maximum absolute atomic E-state index is 2.34. The number of hydrogen-bond acceptors (Lipinski definition) is 2. The van der Waals surface area contributed by atoms with Crippen molar-refractivity contribution in [2.24, 2.45) is 14.1 Å². The van der Waals surface area contributed by atoms with Crippen molar-refractivity contribution in [3.05, 3.63) is 205 Å². The standard InChI is InChI=1S/C52H40N4/c1-53-49-19-11-9-17-45(49)47-35-43(31-33-51(47)53)55(39-13-5-3-6-14-39)41-27-23-37(24-28-41)21-22-38-25-29-42(30-26-38)56(40-15-7-4-8-16-40)44-32-34-52-48(36-44)46-18-10-12-20-50(46)54(52)2/h3-36H,1-2H3. The van der Waals surface area contributed by atoms with Crippen molar-refractivity contribution in [2.75, 3.05) is 9.80 Å². The van der Waals surface area contributed by atoms with Crippen LogP contribution in [0.5, 0.6) is 0 Å². The van der Waals surface area contributed by atoms with Gasteiger partial charge in [0, 0.05) is 91.8 Å². The molecule has 0 aliphatic carbocycles. The van der Waals surface area contributed by atoms with Crippen molar-refractivity contribution in [1.29, 1.82) is 0 Å². The highest BCUT2D eigenvalue weighted by atomic mass is 15.1. The van der Waals surface area contributed by atoms with Crippen LogP contribution in [0.1, 0.15) is 11.1 Å². The van der Waals surface area contributed by atoms with Crippen molar-refractivity contribution in [1.82, 2.24) is 9.13 Å². The van der Waals surface area contributed by atoms with E-state index < -0.39 is 0 Å². The van der Waals surface area contributed by atoms with Crippen molar-refractivity contribution in [3.63, 3.8) is 0 Å². The van der Waals surface area contributed by atoms with Crippen LogP contribution in [0, 0.1) is 0 Å². The van der Waals surface area contributed by atoms with E-state index in [0.717, 1.165) is 45.3 Å². The number of aromatic nitrogens is 2. The Balaban J connectivity index is 0.944. The molecule has 10 aromatic rings. The van der Waals surface area contributed by atoms with Crippen LogP contribution in [0.2, 0.25) is 0 Å². The van der Waals surface area contributed by atoms with E-state index in [9.17, 15) is 0 Å². The minimum atomic E-state index is 1.11. The van der Waals surface area contributed by atoms with E-state index in [1.165, 1.54) is 43.6 Å². The maximum Gasteiger partial charge on any atom is 0.0490 e. The van der Waals surface area contributed by atoms with Gasteiger partial charge in [-0.15, -0.1) is 0 Å². The lowest BCUT2D eigenvalue weighted by molar-refractivity contribution is 1.01. The van der Waals surface area contributed by atoms with Gasteiger partial charge in [0.05, 0.1) is 0 Å². The molecular formula is C52H40N4. The summed E-state index contributed by atoms with van der Waals surface area (Å²) in [6.45, 7) is 0. The molecule has 2 heterocycles. The summed E-state index contributed by atoms with van der Waals surface area (Å²) in [7, 11) is 4.29. The van der Waals surface area contributed by atoms with E-state index in [1.807, 2.05) is 0 Å². The van der Waals surface area contributed by atoms with Gasteiger partial charge in [0.1, 0.15) is 0 Å². The van der Waals surface area contributed by atoms with Gasteiger partial charge in [-0.05, 0) is 108 Å². The zero-order valence-electron chi connectivity index (χ0n) is 31.4. The number of nitrogens with zero attached hydrogens (tertiary/aromatic N) is 4. The van der Waals surface area contributed by atoms with Gasteiger partial charge in [-0.25, -0.2) is 0 Å². The number of aryl methyl sites for hydroxylation is 2. The third-order valence-electron chi connectivity index (χ3n) is 11.1. The molecular weight excluding hydrogens is 681 g/mol. The first-order valence-electron chi connectivity index (χ1n) is 19.1. The Morgan fingerprint density at radius 3 is 1.04 bits per heavy atom. The van der Waals surface area contributed by atoms with Crippen LogP contribution in [0.15, 0.2) is 194 Å². The van der Waals surface area contributed by atoms with Crippen LogP contribution in [0.4, 0.5) is 34.1 Å². The molecule has 0 radical (unpaired) electrons. The summed E-state index contributed by atoms with van der Waals surface area (Å²) in [4.78, 5) is 4.67. The average molecular weight is 721 g/mol. The Labute approximate surface area is 327 Å². The largest absolute Gasteiger partial charge is 0.344 e. The predicted octanol–water partition coefficient (Wildman–Crippen LogP) is 14.1. The van der Waals surface area contributed by atoms with Crippen LogP contribution in [0.3, 0.4) is 0 Å². The van der Waals surface area contributed by atoms with E-state index in [-0.39, 0.29) is 0 Å². The zero-order chi connectivity index (χ0) is 37.6. The second kappa shape index (κ2) is 13.8. The van der Waals surface area contributed by atoms with Gasteiger partial charge in [-0.2, -0.15) is 0 Å². The Bertz CT molecular complexity index is 2820. The van der Waals surface area contributed by atoms with E-state index in [4.69, 9.17) is 0 Å². The molecule has 2 aromatic heterocycles. The average Bonchev–Trinajstić information content (AvgIpc) is 3.71. The lowest BCUT2D eigenvalue weighted by Gasteiger charge is -2.26. The van der Waals surface area contributed by atoms with Crippen LogP contribution < -0.4 is 9.80 Å². The number of para-hydroxylation sites is 4. The van der Waals surface area contributed by atoms with Gasteiger partial charge in [0.2, 0.25) is 0 Å². The molecule has 0 amide bonds. The molecule has 0 atom stereocenters. The summed E-state index contributed by atoms with van der Waals surface area (Å²) in [5.74, 6) is 0. The third kappa shape index (κ3) is 5.80. The van der Waals surface area contributed by atoms with Crippen LogP contribution in [0.25, 0.3) is 55.8 Å². The fourth-order valence-corrected chi connectivity index (χ4v) is 8.30. The quantitative estimate of drug-likeness (QED) is 0.145. The summed E-state index contributed by atoms with van der Waals surface area (Å²) in [6, 6.07) is 69.8. The molecule has 0 bridgehead atoms. The van der Waals surface area contributed by atoms with Crippen LogP contribution in [-0.2, 0) is 14.1 Å². The van der Waals surface area contributed by atoms with Gasteiger partial charge in [-0.1, -0.05) is 109 Å². The lowest BCUT2D eigenvalue weighted by atomic mass is 10.1. The fraction of sp³-hybridized carbons (Fsp3) is 0.0385. The lowest BCUT2D eigenvalue weighted by Crippen LogP contribution is -2.09. The predicted molar refractivity (Wildman–Crippen MR) is 239 cm³/mol. The molecule has 0 unspecified atom stereocenters. The summed E-state index contributed by atoms with van der Waals surface area (Å²) in [5.41, 5.74) is 13.9. The molecule has 0 saturated carbocycles. The second-order valence-corrected chi connectivity index (χ2v) is 14.4. The molecule has 0 aliphatic heterocycles. The minimum absolute atomic E-state index is 1.11. The SMILES string of the molecule is Cn1c2ccccc2c2cc(N(c3ccccc3)c3ccc(C=Cc4ccc(N(c5ccccc5)c5ccc6c(c5)c5ccccc5n6C)cc4)cc3)ccc21. The summed E-state index contributed by atoms with van der Waals surface area (Å²) >= 11 is 0. The Kier molecular flexibility index (Phi) is 8.23. The van der Waals surface area contributed by atoms with Crippen molar-refractivity contribution in [2.45, 2.75) is 0 Å². The van der Waals surface area contributed by atoms with Crippen LogP contribution in [-0.4, -0.2) is 9.13 Å².